The van der Waals surface area contributed by atoms with Crippen LogP contribution < -0.4 is 0 Å². The van der Waals surface area contributed by atoms with Crippen LogP contribution in [-0.2, 0) is 19.0 Å². The lowest BCUT2D eigenvalue weighted by Crippen LogP contribution is -2.63. The van der Waals surface area contributed by atoms with E-state index in [2.05, 4.69) is 45.1 Å². The molecule has 2 radical (unpaired) electrons. The van der Waals surface area contributed by atoms with E-state index >= 15 is 0 Å². The fourth-order valence-corrected chi connectivity index (χ4v) is 8.13. The number of hydrogen-bond donors (Lipinski definition) is 2. The minimum absolute atomic E-state index is 0.172. The van der Waals surface area contributed by atoms with Gasteiger partial charge in [-0.25, -0.2) is 0 Å². The molecule has 2 N–H and O–H groups in total. The molecule has 0 saturated carbocycles. The molecule has 0 heterocycles. The summed E-state index contributed by atoms with van der Waals surface area (Å²) in [6.07, 6.45) is 47.6. The summed E-state index contributed by atoms with van der Waals surface area (Å²) in [6, 6.07) is 0. The zero-order valence-corrected chi connectivity index (χ0v) is 41.4. The number of quaternary nitrogens is 2. The molecule has 4 unspecified atom stereocenters. The van der Waals surface area contributed by atoms with Crippen LogP contribution in [0.15, 0.2) is 10.3 Å². The van der Waals surface area contributed by atoms with E-state index in [1.165, 1.54) is 193 Å². The van der Waals surface area contributed by atoms with E-state index in [-0.39, 0.29) is 17.9 Å². The molecular formula is C49H102B2N4O6+2. The number of hydrogen-bond acceptors (Lipinski definition) is 8. The van der Waals surface area contributed by atoms with Gasteiger partial charge in [-0.3, -0.25) is 4.48 Å². The first-order chi connectivity index (χ1) is 29.9. The van der Waals surface area contributed by atoms with Gasteiger partial charge >= 0.3 is 21.6 Å². The molecule has 0 saturated heterocycles. The van der Waals surface area contributed by atoms with E-state index in [9.17, 15) is 10.0 Å². The molecule has 0 aromatic carbocycles. The average Bonchev–Trinajstić information content (AvgIpc) is 3.27. The van der Waals surface area contributed by atoms with Crippen molar-refractivity contribution >= 4 is 27.8 Å². The Balaban J connectivity index is 4.88. The number of nitrogens with zero attached hydrogens (tertiary/aromatic N) is 4. The van der Waals surface area contributed by atoms with Crippen LogP contribution in [0.4, 0.5) is 0 Å². The number of rotatable bonds is 50. The molecule has 0 spiro atoms. The Morgan fingerprint density at radius 3 is 1.10 bits per heavy atom. The molecule has 0 aromatic rings. The maximum atomic E-state index is 9.46. The molecule has 0 aliphatic rings. The monoisotopic (exact) mass is 865 g/mol. The van der Waals surface area contributed by atoms with Gasteiger partial charge < -0.3 is 33.5 Å². The Labute approximate surface area is 380 Å². The van der Waals surface area contributed by atoms with Crippen molar-refractivity contribution in [2.45, 2.75) is 258 Å². The molecule has 4 atom stereocenters. The Hall–Kier alpha value is -1.17. The first kappa shape index (κ1) is 59.8. The standard InChI is InChI=1S/C49H102B2N4O6/c1-7-11-13-15-17-19-21-23-25-27-29-31-33-35-37-39-41-43-52-60-48(45-54(5,9-3)46-58-50-56)49(55(6,10-4)47-59-51-57)61-53-44-42-40-38-36-34-32-30-28-26-24-22-20-18-16-14-12-8-2/h43-44,48-49,56-57H,7-42,45-47H2,1-6H3/q+2/b52-43+,53-44+. The average molecular weight is 865 g/mol. The molecule has 0 amide bonds. The fraction of sp³-hybridized carbons (Fsp3) is 0.959. The van der Waals surface area contributed by atoms with Gasteiger partial charge in [0, 0.05) is 12.4 Å². The van der Waals surface area contributed by atoms with E-state index in [0.29, 0.717) is 17.6 Å². The molecule has 0 rings (SSSR count). The summed E-state index contributed by atoms with van der Waals surface area (Å²) >= 11 is 0. The van der Waals surface area contributed by atoms with Crippen molar-refractivity contribution in [2.75, 3.05) is 47.2 Å². The van der Waals surface area contributed by atoms with Crippen LogP contribution >= 0.6 is 0 Å². The Morgan fingerprint density at radius 1 is 0.443 bits per heavy atom. The molecule has 0 aliphatic heterocycles. The molecule has 0 fully saturated rings. The van der Waals surface area contributed by atoms with Crippen LogP contribution in [0, 0.1) is 0 Å². The smallest absolute Gasteiger partial charge is 0.429 e. The summed E-state index contributed by atoms with van der Waals surface area (Å²) in [6.45, 7) is 11.0. The van der Waals surface area contributed by atoms with Gasteiger partial charge in [0.2, 0.25) is 0 Å². The van der Waals surface area contributed by atoms with E-state index < -0.39 is 12.3 Å². The summed E-state index contributed by atoms with van der Waals surface area (Å²) < 4.78 is 11.5. The largest absolute Gasteiger partial charge is 0.489 e. The van der Waals surface area contributed by atoms with Crippen molar-refractivity contribution in [3.63, 3.8) is 0 Å². The SMILES string of the molecule is CCCCCCCCCCCCCCCCCC/C=N/OC(C[N+](C)(CC)CO[B]O)C(O/N=C/CCCCCCCCCCCCCCCCCC)[N+](C)(CC)CO[B]O. The van der Waals surface area contributed by atoms with Crippen LogP contribution in [0.5, 0.6) is 0 Å². The highest BCUT2D eigenvalue weighted by Gasteiger charge is 2.46. The lowest BCUT2D eigenvalue weighted by atomic mass is 10.0. The molecule has 0 aliphatic carbocycles. The molecule has 10 nitrogen and oxygen atoms in total. The highest BCUT2D eigenvalue weighted by atomic mass is 16.7. The van der Waals surface area contributed by atoms with Gasteiger partial charge in [-0.05, 0) is 39.5 Å². The van der Waals surface area contributed by atoms with Gasteiger partial charge in [-0.15, -0.1) is 0 Å². The minimum Gasteiger partial charge on any atom is -0.429 e. The minimum atomic E-state index is -0.582. The third-order valence-corrected chi connectivity index (χ3v) is 12.8. The van der Waals surface area contributed by atoms with E-state index in [4.69, 9.17) is 19.0 Å². The van der Waals surface area contributed by atoms with Crippen molar-refractivity contribution in [3.05, 3.63) is 0 Å². The third-order valence-electron chi connectivity index (χ3n) is 12.8. The van der Waals surface area contributed by atoms with Gasteiger partial charge in [-0.2, -0.15) is 0 Å². The van der Waals surface area contributed by atoms with Crippen molar-refractivity contribution in [1.29, 1.82) is 0 Å². The van der Waals surface area contributed by atoms with Gasteiger partial charge in [0.25, 0.3) is 6.10 Å². The first-order valence-electron chi connectivity index (χ1n) is 26.0. The van der Waals surface area contributed by atoms with Crippen molar-refractivity contribution < 1.29 is 38.0 Å². The second-order valence-corrected chi connectivity index (χ2v) is 18.6. The first-order valence-corrected chi connectivity index (χ1v) is 26.0. The quantitative estimate of drug-likeness (QED) is 0.0158. The van der Waals surface area contributed by atoms with Crippen molar-refractivity contribution in [2.24, 2.45) is 10.3 Å². The Morgan fingerprint density at radius 2 is 0.770 bits per heavy atom. The second-order valence-electron chi connectivity index (χ2n) is 18.6. The molecule has 0 bridgehead atoms. The van der Waals surface area contributed by atoms with Crippen molar-refractivity contribution in [3.8, 4) is 0 Å². The highest BCUT2D eigenvalue weighted by molar-refractivity contribution is 6.15. The van der Waals surface area contributed by atoms with Gasteiger partial charge in [0.05, 0.1) is 27.2 Å². The predicted octanol–water partition coefficient (Wildman–Crippen LogP) is 12.9. The molecule has 61 heavy (non-hydrogen) atoms. The lowest BCUT2D eigenvalue weighted by Gasteiger charge is -2.42. The fourth-order valence-electron chi connectivity index (χ4n) is 8.13. The maximum absolute atomic E-state index is 9.46. The van der Waals surface area contributed by atoms with Crippen LogP contribution in [0.3, 0.4) is 0 Å². The van der Waals surface area contributed by atoms with Gasteiger partial charge in [0.15, 0.2) is 13.5 Å². The van der Waals surface area contributed by atoms with Gasteiger partial charge in [-0.1, -0.05) is 217 Å². The van der Waals surface area contributed by atoms with E-state index in [1.54, 1.807) is 0 Å². The van der Waals surface area contributed by atoms with E-state index in [0.717, 1.165) is 47.6 Å². The van der Waals surface area contributed by atoms with Crippen LogP contribution in [0.1, 0.15) is 246 Å². The molecule has 0 aromatic heterocycles. The number of oxime groups is 2. The number of likely N-dealkylation sites (N-methyl/N-ethyl adjacent to an activating group) is 2. The summed E-state index contributed by atoms with van der Waals surface area (Å²) in [4.78, 5) is 12.6. The van der Waals surface area contributed by atoms with Crippen LogP contribution in [-0.4, -0.2) is 106 Å². The normalized spacial score (nSPS) is 15.0. The topological polar surface area (TPSA) is 102 Å². The lowest BCUT2D eigenvalue weighted by molar-refractivity contribution is -0.980. The van der Waals surface area contributed by atoms with Crippen LogP contribution in [0.2, 0.25) is 0 Å². The molecule has 12 heteroatoms. The van der Waals surface area contributed by atoms with E-state index in [1.807, 2.05) is 19.5 Å². The summed E-state index contributed by atoms with van der Waals surface area (Å²) in [5.41, 5.74) is 0. The third kappa shape index (κ3) is 36.8. The van der Waals surface area contributed by atoms with Crippen LogP contribution in [0.25, 0.3) is 0 Å². The zero-order chi connectivity index (χ0) is 44.8. The highest BCUT2D eigenvalue weighted by Crippen LogP contribution is 2.23. The second kappa shape index (κ2) is 45.4. The Kier molecular flexibility index (Phi) is 44.5. The van der Waals surface area contributed by atoms with Gasteiger partial charge in [0.1, 0.15) is 6.54 Å². The summed E-state index contributed by atoms with van der Waals surface area (Å²) in [5.74, 6) is 0. The Bertz CT molecular complexity index is 957. The molecular weight excluding hydrogens is 762 g/mol. The number of unbranched alkanes of at least 4 members (excludes halogenated alkanes) is 32. The maximum Gasteiger partial charge on any atom is 0.489 e. The zero-order valence-electron chi connectivity index (χ0n) is 41.4. The predicted molar refractivity (Wildman–Crippen MR) is 261 cm³/mol. The summed E-state index contributed by atoms with van der Waals surface area (Å²) in [7, 11) is 5.55. The molecule has 358 valence electrons. The summed E-state index contributed by atoms with van der Waals surface area (Å²) in [5, 5.41) is 27.8. The van der Waals surface area contributed by atoms with Crippen molar-refractivity contribution in [1.82, 2.24) is 0 Å².